The highest BCUT2D eigenvalue weighted by molar-refractivity contribution is 4.57. The van der Waals surface area contributed by atoms with Crippen LogP contribution in [0.25, 0.3) is 0 Å². The molecular formula is C21H44O6. The number of rotatable bonds is 19. The Balaban J connectivity index is 3.65. The fourth-order valence-corrected chi connectivity index (χ4v) is 2.26. The fourth-order valence-electron chi connectivity index (χ4n) is 2.26. The maximum Gasteiger partial charge on any atom is 0.0781 e. The molecule has 0 aromatic heterocycles. The molecule has 0 aromatic rings. The number of hydrogen-bond acceptors (Lipinski definition) is 6. The van der Waals surface area contributed by atoms with E-state index in [4.69, 9.17) is 28.8 Å². The third kappa shape index (κ3) is 17.6. The van der Waals surface area contributed by atoms with E-state index in [1.807, 2.05) is 34.6 Å². The summed E-state index contributed by atoms with van der Waals surface area (Å²) in [6.45, 7) is 14.9. The quantitative estimate of drug-likeness (QED) is 0.339. The van der Waals surface area contributed by atoms with Crippen molar-refractivity contribution in [2.24, 2.45) is 0 Å². The summed E-state index contributed by atoms with van der Waals surface area (Å²) in [7, 11) is 0. The van der Waals surface area contributed by atoms with Crippen molar-refractivity contribution in [3.63, 3.8) is 0 Å². The summed E-state index contributed by atoms with van der Waals surface area (Å²) in [5.41, 5.74) is 0. The van der Waals surface area contributed by atoms with Gasteiger partial charge in [-0.15, -0.1) is 0 Å². The molecule has 0 radical (unpaired) electrons. The van der Waals surface area contributed by atoms with Crippen molar-refractivity contribution in [3.8, 4) is 0 Å². The summed E-state index contributed by atoms with van der Waals surface area (Å²) in [4.78, 5) is 0. The van der Waals surface area contributed by atoms with Gasteiger partial charge in [0.25, 0.3) is 0 Å². The second-order valence-electron chi connectivity index (χ2n) is 7.50. The van der Waals surface area contributed by atoms with E-state index in [0.717, 1.165) is 13.0 Å². The summed E-state index contributed by atoms with van der Waals surface area (Å²) in [6, 6.07) is 0. The molecule has 5 atom stereocenters. The Labute approximate surface area is 166 Å². The molecule has 1 N–H and O–H groups in total. The van der Waals surface area contributed by atoms with E-state index in [2.05, 4.69) is 6.92 Å². The molecule has 5 unspecified atom stereocenters. The Kier molecular flexibility index (Phi) is 17.7. The third-order valence-corrected chi connectivity index (χ3v) is 4.12. The Morgan fingerprint density at radius 3 is 1.37 bits per heavy atom. The molecule has 27 heavy (non-hydrogen) atoms. The van der Waals surface area contributed by atoms with Crippen LogP contribution in [-0.2, 0) is 23.7 Å². The van der Waals surface area contributed by atoms with Gasteiger partial charge in [-0.05, 0) is 41.0 Å². The summed E-state index contributed by atoms with van der Waals surface area (Å²) in [6.07, 6.45) is 4.80. The standard InChI is InChI=1S/C21H44O6/c1-7-8-9-10-11-23-18(3)13-25-20(5)15-27-21(6)16-26-19(4)14-24-17(2)12-22/h17-22H,7-16H2,1-6H3. The third-order valence-electron chi connectivity index (χ3n) is 4.12. The predicted molar refractivity (Wildman–Crippen MR) is 108 cm³/mol. The minimum atomic E-state index is -0.162. The number of hydrogen-bond donors (Lipinski definition) is 1. The molecule has 0 fully saturated rings. The monoisotopic (exact) mass is 392 g/mol. The van der Waals surface area contributed by atoms with E-state index in [9.17, 15) is 0 Å². The number of ether oxygens (including phenoxy) is 5. The molecule has 6 nitrogen and oxygen atoms in total. The largest absolute Gasteiger partial charge is 0.394 e. The molecule has 0 bridgehead atoms. The lowest BCUT2D eigenvalue weighted by molar-refractivity contribution is -0.0975. The van der Waals surface area contributed by atoms with Crippen molar-refractivity contribution in [1.82, 2.24) is 0 Å². The first-order chi connectivity index (χ1) is 12.9. The first-order valence-corrected chi connectivity index (χ1v) is 10.6. The Morgan fingerprint density at radius 2 is 0.963 bits per heavy atom. The zero-order valence-corrected chi connectivity index (χ0v) is 18.4. The highest BCUT2D eigenvalue weighted by Crippen LogP contribution is 2.04. The van der Waals surface area contributed by atoms with Crippen molar-refractivity contribution < 1.29 is 28.8 Å². The minimum Gasteiger partial charge on any atom is -0.394 e. The van der Waals surface area contributed by atoms with Crippen molar-refractivity contribution in [1.29, 1.82) is 0 Å². The average molecular weight is 393 g/mol. The van der Waals surface area contributed by atoms with Gasteiger partial charge < -0.3 is 28.8 Å². The molecule has 0 spiro atoms. The molecule has 0 rings (SSSR count). The summed E-state index contributed by atoms with van der Waals surface area (Å²) in [5, 5.41) is 8.93. The SMILES string of the molecule is CCCCCCOC(C)COC(C)COC(C)COC(C)COC(C)CO. The zero-order chi connectivity index (χ0) is 20.5. The van der Waals surface area contributed by atoms with Crippen molar-refractivity contribution >= 4 is 0 Å². The van der Waals surface area contributed by atoms with Crippen LogP contribution in [-0.4, -0.2) is 75.3 Å². The van der Waals surface area contributed by atoms with E-state index in [1.54, 1.807) is 0 Å². The van der Waals surface area contributed by atoms with Gasteiger partial charge in [0, 0.05) is 6.61 Å². The lowest BCUT2D eigenvalue weighted by Crippen LogP contribution is -2.29. The lowest BCUT2D eigenvalue weighted by Gasteiger charge is -2.21. The van der Waals surface area contributed by atoms with Gasteiger partial charge in [-0.25, -0.2) is 0 Å². The summed E-state index contributed by atoms with van der Waals surface area (Å²) < 4.78 is 28.5. The molecule has 0 heterocycles. The molecule has 0 saturated carbocycles. The van der Waals surface area contributed by atoms with Gasteiger partial charge in [0.05, 0.1) is 63.6 Å². The molecular weight excluding hydrogens is 348 g/mol. The maximum atomic E-state index is 8.93. The number of aliphatic hydroxyl groups excluding tert-OH is 1. The van der Waals surface area contributed by atoms with E-state index in [0.29, 0.717) is 26.4 Å². The lowest BCUT2D eigenvalue weighted by atomic mass is 10.2. The van der Waals surface area contributed by atoms with Gasteiger partial charge in [0.2, 0.25) is 0 Å². The zero-order valence-electron chi connectivity index (χ0n) is 18.4. The smallest absolute Gasteiger partial charge is 0.0781 e. The number of unbranched alkanes of at least 4 members (excludes halogenated alkanes) is 3. The molecule has 164 valence electrons. The normalized spacial score (nSPS) is 17.4. The van der Waals surface area contributed by atoms with Gasteiger partial charge in [-0.1, -0.05) is 26.2 Å². The van der Waals surface area contributed by atoms with Crippen LogP contribution in [0.3, 0.4) is 0 Å². The van der Waals surface area contributed by atoms with E-state index in [-0.39, 0.29) is 37.1 Å². The van der Waals surface area contributed by atoms with Crippen LogP contribution in [0.5, 0.6) is 0 Å². The highest BCUT2D eigenvalue weighted by atomic mass is 16.6. The van der Waals surface area contributed by atoms with E-state index < -0.39 is 0 Å². The Hall–Kier alpha value is -0.240. The molecule has 0 aliphatic carbocycles. The Morgan fingerprint density at radius 1 is 0.556 bits per heavy atom. The molecule has 0 aliphatic heterocycles. The van der Waals surface area contributed by atoms with Gasteiger partial charge in [-0.3, -0.25) is 0 Å². The molecule has 0 saturated heterocycles. The summed E-state index contributed by atoms with van der Waals surface area (Å²) >= 11 is 0. The topological polar surface area (TPSA) is 66.4 Å². The molecule has 0 aliphatic rings. The summed E-state index contributed by atoms with van der Waals surface area (Å²) in [5.74, 6) is 0. The molecule has 6 heteroatoms. The first kappa shape index (κ1) is 26.8. The molecule has 0 amide bonds. The van der Waals surface area contributed by atoms with Crippen LogP contribution in [0.1, 0.15) is 67.2 Å². The van der Waals surface area contributed by atoms with Crippen LogP contribution >= 0.6 is 0 Å². The van der Waals surface area contributed by atoms with E-state index in [1.165, 1.54) is 19.3 Å². The predicted octanol–water partition coefficient (Wildman–Crippen LogP) is 3.58. The average Bonchev–Trinajstić information content (AvgIpc) is 2.66. The highest BCUT2D eigenvalue weighted by Gasteiger charge is 2.12. The van der Waals surface area contributed by atoms with Crippen LogP contribution in [0.4, 0.5) is 0 Å². The maximum absolute atomic E-state index is 8.93. The molecule has 0 aromatic carbocycles. The van der Waals surface area contributed by atoms with Gasteiger partial charge in [-0.2, -0.15) is 0 Å². The van der Waals surface area contributed by atoms with Crippen LogP contribution in [0.2, 0.25) is 0 Å². The second-order valence-corrected chi connectivity index (χ2v) is 7.50. The van der Waals surface area contributed by atoms with Crippen LogP contribution in [0, 0.1) is 0 Å². The van der Waals surface area contributed by atoms with E-state index >= 15 is 0 Å². The first-order valence-electron chi connectivity index (χ1n) is 10.6. The second kappa shape index (κ2) is 17.8. The van der Waals surface area contributed by atoms with Crippen molar-refractivity contribution in [2.45, 2.75) is 97.7 Å². The van der Waals surface area contributed by atoms with Gasteiger partial charge in [0.1, 0.15) is 0 Å². The Bertz CT molecular complexity index is 315. The van der Waals surface area contributed by atoms with Crippen molar-refractivity contribution in [3.05, 3.63) is 0 Å². The van der Waals surface area contributed by atoms with Gasteiger partial charge >= 0.3 is 0 Å². The number of aliphatic hydroxyl groups is 1. The van der Waals surface area contributed by atoms with Gasteiger partial charge in [0.15, 0.2) is 0 Å². The fraction of sp³-hybridized carbons (Fsp3) is 1.00. The minimum absolute atomic E-state index is 0.0130. The van der Waals surface area contributed by atoms with Crippen LogP contribution < -0.4 is 0 Å². The van der Waals surface area contributed by atoms with Crippen LogP contribution in [0.15, 0.2) is 0 Å². The van der Waals surface area contributed by atoms with Crippen molar-refractivity contribution in [2.75, 3.05) is 39.6 Å².